The molecule has 4 rings (SSSR count). The molecule has 2 saturated heterocycles. The van der Waals surface area contributed by atoms with Crippen molar-refractivity contribution in [2.45, 2.75) is 109 Å². The van der Waals surface area contributed by atoms with E-state index in [1.165, 1.54) is 0 Å². The molecule has 0 radical (unpaired) electrons. The van der Waals surface area contributed by atoms with Crippen molar-refractivity contribution in [2.24, 2.45) is 5.92 Å². The summed E-state index contributed by atoms with van der Waals surface area (Å²) in [7, 11) is 1.62. The van der Waals surface area contributed by atoms with Gasteiger partial charge in [0.25, 0.3) is 0 Å². The van der Waals surface area contributed by atoms with Crippen LogP contribution >= 0.6 is 0 Å². The lowest BCUT2D eigenvalue weighted by Crippen LogP contribution is -2.63. The van der Waals surface area contributed by atoms with Crippen molar-refractivity contribution in [1.29, 1.82) is 0 Å². The highest BCUT2D eigenvalue weighted by atomic mass is 16.6. The fraction of sp³-hybridized carbons (Fsp3) is 0.636. The molecule has 10 heteroatoms. The number of ketones is 1. The Hall–Kier alpha value is -3.40. The summed E-state index contributed by atoms with van der Waals surface area (Å²) in [5.41, 5.74) is 1.95. The summed E-state index contributed by atoms with van der Waals surface area (Å²) in [6.45, 7) is 6.64. The van der Waals surface area contributed by atoms with E-state index in [1.807, 2.05) is 30.5 Å². The third-order valence-corrected chi connectivity index (χ3v) is 9.08. The molecule has 2 aromatic rings. The predicted molar refractivity (Wildman–Crippen MR) is 166 cm³/mol. The van der Waals surface area contributed by atoms with E-state index < -0.39 is 18.1 Å². The molecule has 3 N–H and O–H groups in total. The molecule has 1 unspecified atom stereocenters. The van der Waals surface area contributed by atoms with Crippen LogP contribution in [0.4, 0.5) is 0 Å². The van der Waals surface area contributed by atoms with Crippen molar-refractivity contribution in [3.63, 3.8) is 0 Å². The highest BCUT2D eigenvalue weighted by molar-refractivity contribution is 5.93. The first-order valence-electron chi connectivity index (χ1n) is 16.0. The molecule has 0 aliphatic carbocycles. The van der Waals surface area contributed by atoms with Crippen LogP contribution in [0.25, 0.3) is 10.9 Å². The maximum Gasteiger partial charge on any atom is 0.243 e. The van der Waals surface area contributed by atoms with Gasteiger partial charge in [0, 0.05) is 37.1 Å². The number of nitrogens with one attached hydrogen (secondary N) is 3. The predicted octanol–water partition coefficient (Wildman–Crippen LogP) is 3.15. The Labute approximate surface area is 255 Å². The van der Waals surface area contributed by atoms with Crippen LogP contribution in [0.3, 0.4) is 0 Å². The molecule has 2 fully saturated rings. The average Bonchev–Trinajstić information content (AvgIpc) is 3.36. The Balaban J connectivity index is 1.63. The van der Waals surface area contributed by atoms with Crippen molar-refractivity contribution in [1.82, 2.24) is 25.6 Å². The first-order chi connectivity index (χ1) is 20.7. The summed E-state index contributed by atoms with van der Waals surface area (Å²) in [6.07, 6.45) is 8.82. The van der Waals surface area contributed by atoms with Gasteiger partial charge in [-0.2, -0.15) is 4.73 Å². The molecule has 1 aromatic heterocycles. The Kier molecular flexibility index (Phi) is 11.6. The lowest BCUT2D eigenvalue weighted by Gasteiger charge is -2.40. The topological polar surface area (TPSA) is 122 Å². The Morgan fingerprint density at radius 2 is 1.86 bits per heavy atom. The van der Waals surface area contributed by atoms with Crippen LogP contribution in [0.1, 0.15) is 84.1 Å². The van der Waals surface area contributed by atoms with Crippen molar-refractivity contribution >= 4 is 34.4 Å². The van der Waals surface area contributed by atoms with Crippen molar-refractivity contribution in [3.05, 3.63) is 36.0 Å². The zero-order valence-corrected chi connectivity index (χ0v) is 26.2. The van der Waals surface area contributed by atoms with Crippen LogP contribution in [0.5, 0.6) is 0 Å². The number of para-hydroxylation sites is 1. The number of piperidine rings is 1. The van der Waals surface area contributed by atoms with Crippen molar-refractivity contribution in [3.8, 4) is 0 Å². The summed E-state index contributed by atoms with van der Waals surface area (Å²) in [5.74, 6) is -0.330. The van der Waals surface area contributed by atoms with E-state index in [1.54, 1.807) is 23.7 Å². The number of hydrogen-bond acceptors (Lipinski definition) is 6. The first-order valence-corrected chi connectivity index (χ1v) is 16.0. The Bertz CT molecular complexity index is 1280. The van der Waals surface area contributed by atoms with Crippen LogP contribution in [0, 0.1) is 5.92 Å². The monoisotopic (exact) mass is 595 g/mol. The number of fused-ring (bicyclic) bond motifs is 2. The normalized spacial score (nSPS) is 24.4. The quantitative estimate of drug-likeness (QED) is 0.343. The fourth-order valence-electron chi connectivity index (χ4n) is 6.39. The van der Waals surface area contributed by atoms with E-state index in [4.69, 9.17) is 4.84 Å². The van der Waals surface area contributed by atoms with Crippen LogP contribution in [0.2, 0.25) is 0 Å². The zero-order valence-electron chi connectivity index (χ0n) is 26.2. The third kappa shape index (κ3) is 8.16. The lowest BCUT2D eigenvalue weighted by molar-refractivity contribution is -0.146. The van der Waals surface area contributed by atoms with E-state index in [2.05, 4.69) is 29.8 Å². The third-order valence-electron chi connectivity index (χ3n) is 9.08. The van der Waals surface area contributed by atoms with Gasteiger partial charge in [-0.3, -0.25) is 14.4 Å². The summed E-state index contributed by atoms with van der Waals surface area (Å²) < 4.78 is 1.72. The number of carbonyl (C=O) groups is 4. The number of benzene rings is 1. The maximum atomic E-state index is 14.0. The van der Waals surface area contributed by atoms with Crippen LogP contribution < -0.4 is 20.8 Å². The number of rotatable bonds is 11. The zero-order chi connectivity index (χ0) is 30.9. The minimum atomic E-state index is -0.726. The molecule has 2 aliphatic rings. The number of carbonyl (C=O) groups excluding carboxylic acids is 4. The van der Waals surface area contributed by atoms with Crippen LogP contribution in [-0.4, -0.2) is 77.5 Å². The van der Waals surface area contributed by atoms with Crippen molar-refractivity contribution < 1.29 is 24.0 Å². The van der Waals surface area contributed by atoms with Gasteiger partial charge in [-0.25, -0.2) is 0 Å². The van der Waals surface area contributed by atoms with E-state index in [-0.39, 0.29) is 35.5 Å². The van der Waals surface area contributed by atoms with Gasteiger partial charge < -0.3 is 30.5 Å². The number of Topliss-reactive ketones (excluding diaryl/α,β-unsaturated/α-hetero) is 1. The number of amides is 3. The van der Waals surface area contributed by atoms with E-state index in [0.29, 0.717) is 45.2 Å². The van der Waals surface area contributed by atoms with Crippen LogP contribution in [-0.2, 0) is 25.6 Å². The van der Waals surface area contributed by atoms with E-state index in [0.717, 1.165) is 48.6 Å². The fourth-order valence-corrected chi connectivity index (χ4v) is 6.39. The summed E-state index contributed by atoms with van der Waals surface area (Å²) in [6, 6.07) is 5.86. The highest BCUT2D eigenvalue weighted by Crippen LogP contribution is 2.24. The molecule has 1 aromatic carbocycles. The van der Waals surface area contributed by atoms with Crippen molar-refractivity contribution in [2.75, 3.05) is 20.2 Å². The SMILES string of the molecule is CCC(C)[C@@H]1NC[C@H](Cc2cn(OC)c3ccccc23)NC(=O)[C@H](CCCCCC(C)=O)NC(=O)[C@H]2CCCCN2C1=O. The molecule has 0 bridgehead atoms. The van der Waals surface area contributed by atoms with Gasteiger partial charge >= 0.3 is 0 Å². The van der Waals surface area contributed by atoms with Gasteiger partial charge in [0.1, 0.15) is 25.0 Å². The molecular formula is C33H49N5O5. The van der Waals surface area contributed by atoms with Gasteiger partial charge in [-0.15, -0.1) is 0 Å². The van der Waals surface area contributed by atoms with Gasteiger partial charge in [-0.05, 0) is 63.0 Å². The second kappa shape index (κ2) is 15.4. The Morgan fingerprint density at radius 3 is 2.60 bits per heavy atom. The molecule has 3 heterocycles. The van der Waals surface area contributed by atoms with E-state index in [9.17, 15) is 19.2 Å². The first kappa shape index (κ1) is 32.5. The number of aromatic nitrogens is 1. The maximum absolute atomic E-state index is 14.0. The molecule has 10 nitrogen and oxygen atoms in total. The molecule has 5 atom stereocenters. The van der Waals surface area contributed by atoms with Gasteiger partial charge in [0.2, 0.25) is 17.7 Å². The number of nitrogens with zero attached hydrogens (tertiary/aromatic N) is 2. The number of hydrogen-bond donors (Lipinski definition) is 3. The smallest absolute Gasteiger partial charge is 0.243 e. The minimum absolute atomic E-state index is 0.0448. The van der Waals surface area contributed by atoms with Gasteiger partial charge in [0.05, 0.1) is 11.6 Å². The van der Waals surface area contributed by atoms with Crippen LogP contribution in [0.15, 0.2) is 30.5 Å². The van der Waals surface area contributed by atoms with Gasteiger partial charge in [-0.1, -0.05) is 51.3 Å². The summed E-state index contributed by atoms with van der Waals surface area (Å²) >= 11 is 0. The standard InChI is InChI=1S/C33H49N5O5/c1-5-22(2)30-33(42)37-18-12-11-17-29(37)32(41)36-27(15-8-6-7-13-23(3)39)31(40)35-25(20-34-30)19-24-21-38(43-4)28-16-10-9-14-26(24)28/h9-10,14,16,21-22,25,27,29-30,34H,5-8,11-13,15,17-20H2,1-4H3,(H,35,40)(H,36,41)/t22?,25-,27-,29+,30-/m0/s1. The second-order valence-electron chi connectivity index (χ2n) is 12.3. The summed E-state index contributed by atoms with van der Waals surface area (Å²) in [4.78, 5) is 60.2. The van der Waals surface area contributed by atoms with E-state index >= 15 is 0 Å². The molecular weight excluding hydrogens is 546 g/mol. The summed E-state index contributed by atoms with van der Waals surface area (Å²) in [5, 5.41) is 10.8. The largest absolute Gasteiger partial charge is 0.417 e. The lowest BCUT2D eigenvalue weighted by atomic mass is 9.93. The molecule has 2 aliphatic heterocycles. The molecule has 236 valence electrons. The second-order valence-corrected chi connectivity index (χ2v) is 12.3. The average molecular weight is 596 g/mol. The molecule has 43 heavy (non-hydrogen) atoms. The molecule has 0 spiro atoms. The highest BCUT2D eigenvalue weighted by Gasteiger charge is 2.39. The number of unbranched alkanes of at least 4 members (excludes halogenated alkanes) is 2. The van der Waals surface area contributed by atoms with Gasteiger partial charge in [0.15, 0.2) is 0 Å². The molecule has 0 saturated carbocycles. The Morgan fingerprint density at radius 1 is 1.07 bits per heavy atom. The minimum Gasteiger partial charge on any atom is -0.417 e. The molecule has 3 amide bonds.